The second-order valence-corrected chi connectivity index (χ2v) is 8.92. The minimum atomic E-state index is -0.00382. The number of H-pyrrole nitrogens is 1. The number of carbonyl (C=O) groups is 1. The summed E-state index contributed by atoms with van der Waals surface area (Å²) >= 11 is 1.74. The highest BCUT2D eigenvalue weighted by Crippen LogP contribution is 2.43. The molecule has 0 bridgehead atoms. The molecule has 1 spiro atoms. The molecule has 5 nitrogen and oxygen atoms in total. The van der Waals surface area contributed by atoms with Crippen LogP contribution in [0.15, 0.2) is 35.5 Å². The van der Waals surface area contributed by atoms with E-state index < -0.39 is 0 Å². The molecule has 0 saturated carbocycles. The van der Waals surface area contributed by atoms with Crippen molar-refractivity contribution in [3.8, 4) is 0 Å². The van der Waals surface area contributed by atoms with Crippen LogP contribution in [0.2, 0.25) is 0 Å². The lowest BCUT2D eigenvalue weighted by Crippen LogP contribution is -2.56. The molecule has 1 fully saturated rings. The molecule has 0 radical (unpaired) electrons. The fraction of sp³-hybridized carbons (Fsp3) is 0.500. The monoisotopic (exact) mass is 368 g/mol. The lowest BCUT2D eigenvalue weighted by molar-refractivity contribution is -0.133. The van der Waals surface area contributed by atoms with Gasteiger partial charge in [-0.1, -0.05) is 18.2 Å². The molecule has 1 atom stereocenters. The van der Waals surface area contributed by atoms with Gasteiger partial charge in [-0.15, -0.1) is 11.8 Å². The predicted octanol–water partition coefficient (Wildman–Crippen LogP) is 2.43. The Bertz CT molecular complexity index is 815. The molecule has 0 unspecified atom stereocenters. The van der Waals surface area contributed by atoms with E-state index in [0.29, 0.717) is 5.91 Å². The summed E-state index contributed by atoms with van der Waals surface area (Å²) < 4.78 is 0. The van der Waals surface area contributed by atoms with E-state index in [9.17, 15) is 4.79 Å². The summed E-state index contributed by atoms with van der Waals surface area (Å²) in [6.45, 7) is 2.70. The number of piperidine rings is 1. The molecule has 1 aromatic carbocycles. The number of amides is 1. The molecule has 1 aromatic heterocycles. The standard InChI is InChI=1S/C20H24N4OS/c1-23-9-6-15-18(22-13-21-15)20(23)7-10-24(11-8-20)19(25)17-12-14-4-2-3-5-16(14)26-17/h2-5,13,17H,6-12H2,1H3,(H,21,22)/t17-/m1/s1. The fourth-order valence-corrected chi connectivity index (χ4v) is 6.11. The Kier molecular flexibility index (Phi) is 3.87. The van der Waals surface area contributed by atoms with E-state index in [-0.39, 0.29) is 10.8 Å². The molecule has 136 valence electrons. The second-order valence-electron chi connectivity index (χ2n) is 7.68. The molecule has 5 rings (SSSR count). The van der Waals surface area contributed by atoms with Crippen molar-refractivity contribution < 1.29 is 4.79 Å². The number of thioether (sulfide) groups is 1. The number of carbonyl (C=O) groups excluding carboxylic acids is 1. The average molecular weight is 369 g/mol. The topological polar surface area (TPSA) is 52.2 Å². The predicted molar refractivity (Wildman–Crippen MR) is 102 cm³/mol. The summed E-state index contributed by atoms with van der Waals surface area (Å²) in [5, 5.41) is 0.0477. The molecular formula is C20H24N4OS. The zero-order valence-corrected chi connectivity index (χ0v) is 15.9. The van der Waals surface area contributed by atoms with Gasteiger partial charge in [0.25, 0.3) is 0 Å². The molecule has 1 saturated heterocycles. The van der Waals surface area contributed by atoms with Crippen LogP contribution in [0.1, 0.15) is 29.8 Å². The zero-order valence-electron chi connectivity index (χ0n) is 15.1. The number of nitrogens with zero attached hydrogens (tertiary/aromatic N) is 3. The highest BCUT2D eigenvalue weighted by molar-refractivity contribution is 8.01. The van der Waals surface area contributed by atoms with E-state index >= 15 is 0 Å². The van der Waals surface area contributed by atoms with Crippen molar-refractivity contribution in [1.29, 1.82) is 0 Å². The van der Waals surface area contributed by atoms with Crippen LogP contribution < -0.4 is 0 Å². The Labute approximate surface area is 158 Å². The van der Waals surface area contributed by atoms with Gasteiger partial charge in [0.1, 0.15) is 0 Å². The van der Waals surface area contributed by atoms with Gasteiger partial charge in [0.2, 0.25) is 5.91 Å². The number of imidazole rings is 1. The van der Waals surface area contributed by atoms with Crippen molar-refractivity contribution in [2.24, 2.45) is 0 Å². The largest absolute Gasteiger partial charge is 0.348 e. The van der Waals surface area contributed by atoms with Gasteiger partial charge in [-0.25, -0.2) is 4.98 Å². The van der Waals surface area contributed by atoms with E-state index in [1.807, 2.05) is 6.33 Å². The first kappa shape index (κ1) is 16.4. The Hall–Kier alpha value is -1.79. The normalized spacial score (nSPS) is 24.5. The van der Waals surface area contributed by atoms with E-state index in [2.05, 4.69) is 51.1 Å². The zero-order chi connectivity index (χ0) is 17.7. The van der Waals surface area contributed by atoms with Gasteiger partial charge in [0, 0.05) is 36.6 Å². The molecule has 4 heterocycles. The number of benzene rings is 1. The minimum absolute atomic E-state index is 0.00382. The number of likely N-dealkylation sites (N-methyl/N-ethyl adjacent to an activating group) is 1. The van der Waals surface area contributed by atoms with Gasteiger partial charge in [0.15, 0.2) is 0 Å². The van der Waals surface area contributed by atoms with E-state index in [1.54, 1.807) is 11.8 Å². The van der Waals surface area contributed by atoms with Crippen LogP contribution in [-0.2, 0) is 23.2 Å². The van der Waals surface area contributed by atoms with Crippen LogP contribution in [0.4, 0.5) is 0 Å². The van der Waals surface area contributed by atoms with Gasteiger partial charge in [-0.05, 0) is 37.9 Å². The summed E-state index contributed by atoms with van der Waals surface area (Å²) in [7, 11) is 2.21. The van der Waals surface area contributed by atoms with Crippen LogP contribution in [-0.4, -0.2) is 57.6 Å². The van der Waals surface area contributed by atoms with Crippen molar-refractivity contribution in [2.45, 2.75) is 41.4 Å². The highest BCUT2D eigenvalue weighted by atomic mass is 32.2. The molecular weight excluding hydrogens is 344 g/mol. The number of aromatic amines is 1. The number of hydrogen-bond donors (Lipinski definition) is 1. The highest BCUT2D eigenvalue weighted by Gasteiger charge is 2.46. The third kappa shape index (κ3) is 2.42. The summed E-state index contributed by atoms with van der Waals surface area (Å²) in [5.41, 5.74) is 3.80. The summed E-state index contributed by atoms with van der Waals surface area (Å²) in [5.74, 6) is 0.307. The van der Waals surface area contributed by atoms with E-state index in [1.165, 1.54) is 21.8 Å². The first-order valence-corrected chi connectivity index (χ1v) is 10.3. The smallest absolute Gasteiger partial charge is 0.236 e. The van der Waals surface area contributed by atoms with Crippen molar-refractivity contribution in [3.63, 3.8) is 0 Å². The van der Waals surface area contributed by atoms with Crippen LogP contribution in [0.3, 0.4) is 0 Å². The van der Waals surface area contributed by atoms with Crippen LogP contribution in [0, 0.1) is 0 Å². The van der Waals surface area contributed by atoms with E-state index in [0.717, 1.165) is 45.3 Å². The van der Waals surface area contributed by atoms with Crippen molar-refractivity contribution in [2.75, 3.05) is 26.7 Å². The number of fused-ring (bicyclic) bond motifs is 3. The molecule has 26 heavy (non-hydrogen) atoms. The summed E-state index contributed by atoms with van der Waals surface area (Å²) in [6, 6.07) is 8.41. The Balaban J connectivity index is 1.30. The number of aromatic nitrogens is 2. The minimum Gasteiger partial charge on any atom is -0.348 e. The van der Waals surface area contributed by atoms with Crippen molar-refractivity contribution in [3.05, 3.63) is 47.5 Å². The van der Waals surface area contributed by atoms with Crippen LogP contribution in [0.25, 0.3) is 0 Å². The van der Waals surface area contributed by atoms with Crippen molar-refractivity contribution in [1.82, 2.24) is 19.8 Å². The number of rotatable bonds is 1. The molecule has 3 aliphatic heterocycles. The van der Waals surface area contributed by atoms with Gasteiger partial charge in [-0.2, -0.15) is 0 Å². The lowest BCUT2D eigenvalue weighted by Gasteiger charge is -2.49. The first-order valence-electron chi connectivity index (χ1n) is 9.45. The lowest BCUT2D eigenvalue weighted by atomic mass is 9.79. The molecule has 3 aliphatic rings. The number of hydrogen-bond acceptors (Lipinski definition) is 4. The summed E-state index contributed by atoms with van der Waals surface area (Å²) in [4.78, 5) is 26.9. The molecule has 1 amide bonds. The second kappa shape index (κ2) is 6.13. The van der Waals surface area contributed by atoms with Crippen molar-refractivity contribution >= 4 is 17.7 Å². The van der Waals surface area contributed by atoms with Gasteiger partial charge in [0.05, 0.1) is 22.8 Å². The average Bonchev–Trinajstić information content (AvgIpc) is 3.32. The maximum atomic E-state index is 13.1. The SMILES string of the molecule is CN1CCc2[nH]cnc2C12CCN(C(=O)[C@H]1Cc3ccccc3S1)CC2. The maximum Gasteiger partial charge on any atom is 0.236 e. The molecule has 0 aliphatic carbocycles. The van der Waals surface area contributed by atoms with Crippen LogP contribution in [0.5, 0.6) is 0 Å². The molecule has 6 heteroatoms. The Morgan fingerprint density at radius 1 is 1.27 bits per heavy atom. The quantitative estimate of drug-likeness (QED) is 0.840. The third-order valence-corrected chi connectivity index (χ3v) is 7.72. The summed E-state index contributed by atoms with van der Waals surface area (Å²) in [6.07, 6.45) is 5.67. The van der Waals surface area contributed by atoms with E-state index in [4.69, 9.17) is 0 Å². The maximum absolute atomic E-state index is 13.1. The number of nitrogens with one attached hydrogen (secondary N) is 1. The number of likely N-dealkylation sites (tertiary alicyclic amines) is 1. The molecule has 2 aromatic rings. The third-order valence-electron chi connectivity index (χ3n) is 6.41. The van der Waals surface area contributed by atoms with Gasteiger partial charge >= 0.3 is 0 Å². The Morgan fingerprint density at radius 2 is 2.08 bits per heavy atom. The fourth-order valence-electron chi connectivity index (χ4n) is 4.83. The first-order chi connectivity index (χ1) is 12.7. The van der Waals surface area contributed by atoms with Gasteiger partial charge < -0.3 is 9.88 Å². The van der Waals surface area contributed by atoms with Gasteiger partial charge in [-0.3, -0.25) is 9.69 Å². The molecule has 1 N–H and O–H groups in total. The van der Waals surface area contributed by atoms with Crippen LogP contribution >= 0.6 is 11.8 Å². The Morgan fingerprint density at radius 3 is 2.88 bits per heavy atom.